The van der Waals surface area contributed by atoms with Crippen molar-refractivity contribution in [3.8, 4) is 5.88 Å². The molecule has 0 aromatic carbocycles. The molecule has 1 aromatic heterocycles. The van der Waals surface area contributed by atoms with Crippen molar-refractivity contribution >= 4 is 11.5 Å². The molecule has 0 fully saturated rings. The summed E-state index contributed by atoms with van der Waals surface area (Å²) < 4.78 is 10.3. The van der Waals surface area contributed by atoms with Gasteiger partial charge in [0, 0.05) is 13.7 Å². The Hall–Kier alpha value is -1.49. The quantitative estimate of drug-likeness (QED) is 0.815. The van der Waals surface area contributed by atoms with E-state index in [2.05, 4.69) is 23.7 Å². The molecule has 0 spiro atoms. The molecule has 0 aliphatic heterocycles. The van der Waals surface area contributed by atoms with Crippen molar-refractivity contribution in [3.05, 3.63) is 12.1 Å². The van der Waals surface area contributed by atoms with Gasteiger partial charge in [0.2, 0.25) is 5.88 Å². The van der Waals surface area contributed by atoms with Gasteiger partial charge >= 0.3 is 0 Å². The highest BCUT2D eigenvalue weighted by Gasteiger charge is 2.15. The fraction of sp³-hybridized carbons (Fsp3) is 0.583. The Morgan fingerprint density at radius 3 is 2.65 bits per heavy atom. The van der Waals surface area contributed by atoms with Crippen molar-refractivity contribution < 1.29 is 9.47 Å². The van der Waals surface area contributed by atoms with Gasteiger partial charge in [0.15, 0.2) is 0 Å². The Balaban J connectivity index is 2.95. The van der Waals surface area contributed by atoms with Gasteiger partial charge in [0.1, 0.15) is 5.82 Å². The monoisotopic (exact) mass is 239 g/mol. The van der Waals surface area contributed by atoms with Gasteiger partial charge in [0.25, 0.3) is 0 Å². The summed E-state index contributed by atoms with van der Waals surface area (Å²) in [5.41, 5.74) is 6.29. The van der Waals surface area contributed by atoms with Crippen molar-refractivity contribution in [3.63, 3.8) is 0 Å². The maximum absolute atomic E-state index is 5.75. The summed E-state index contributed by atoms with van der Waals surface area (Å²) in [6.45, 7) is 5.68. The van der Waals surface area contributed by atoms with Crippen LogP contribution in [0.5, 0.6) is 5.88 Å². The average molecular weight is 239 g/mol. The Morgan fingerprint density at radius 2 is 2.12 bits per heavy atom. The normalized spacial score (nSPS) is 12.2. The number of ether oxygens (including phenoxy) is 2. The molecule has 96 valence electrons. The van der Waals surface area contributed by atoms with E-state index < -0.39 is 0 Å². The van der Waals surface area contributed by atoms with Crippen molar-refractivity contribution in [2.45, 2.75) is 19.9 Å². The third-order valence-corrected chi connectivity index (χ3v) is 2.64. The first-order valence-electron chi connectivity index (χ1n) is 5.70. The second kappa shape index (κ2) is 6.30. The first-order chi connectivity index (χ1) is 8.13. The van der Waals surface area contributed by atoms with Crippen LogP contribution in [-0.2, 0) is 4.74 Å². The highest BCUT2D eigenvalue weighted by Crippen LogP contribution is 2.23. The second-order valence-electron chi connectivity index (χ2n) is 3.86. The lowest BCUT2D eigenvalue weighted by Crippen LogP contribution is -2.36. The highest BCUT2D eigenvalue weighted by atomic mass is 16.5. The van der Waals surface area contributed by atoms with Gasteiger partial charge < -0.3 is 20.1 Å². The lowest BCUT2D eigenvalue weighted by atomic mass is 10.2. The highest BCUT2D eigenvalue weighted by molar-refractivity contribution is 5.54. The minimum absolute atomic E-state index is 0.255. The predicted octanol–water partition coefficient (Wildman–Crippen LogP) is 1.53. The molecule has 0 radical (unpaired) electrons. The molecule has 1 rings (SSSR count). The van der Waals surface area contributed by atoms with Crippen LogP contribution >= 0.6 is 0 Å². The van der Waals surface area contributed by atoms with Crippen LogP contribution in [-0.4, -0.2) is 38.4 Å². The second-order valence-corrected chi connectivity index (χ2v) is 3.86. The fourth-order valence-corrected chi connectivity index (χ4v) is 1.80. The average Bonchev–Trinajstić information content (AvgIpc) is 2.32. The fourth-order valence-electron chi connectivity index (χ4n) is 1.80. The maximum Gasteiger partial charge on any atom is 0.238 e. The largest absolute Gasteiger partial charge is 0.479 e. The molecule has 0 amide bonds. The summed E-state index contributed by atoms with van der Waals surface area (Å²) >= 11 is 0. The van der Waals surface area contributed by atoms with Crippen molar-refractivity contribution in [2.24, 2.45) is 0 Å². The number of hydrogen-bond acceptors (Lipinski definition) is 5. The van der Waals surface area contributed by atoms with Gasteiger partial charge in [-0.15, -0.1) is 0 Å². The molecule has 2 N–H and O–H groups in total. The number of hydrogen-bond donors (Lipinski definition) is 1. The summed E-state index contributed by atoms with van der Waals surface area (Å²) in [7, 11) is 3.26. The number of nitrogens with two attached hydrogens (primary N) is 1. The number of methoxy groups -OCH3 is 2. The van der Waals surface area contributed by atoms with Gasteiger partial charge in [-0.3, -0.25) is 0 Å². The first kappa shape index (κ1) is 13.6. The molecule has 0 aliphatic carbocycles. The van der Waals surface area contributed by atoms with Crippen molar-refractivity contribution in [2.75, 3.05) is 38.0 Å². The Kier molecular flexibility index (Phi) is 5.03. The van der Waals surface area contributed by atoms with E-state index in [0.717, 1.165) is 12.4 Å². The van der Waals surface area contributed by atoms with E-state index in [1.54, 1.807) is 14.2 Å². The van der Waals surface area contributed by atoms with Gasteiger partial charge in [-0.05, 0) is 26.0 Å². The van der Waals surface area contributed by atoms with E-state index in [-0.39, 0.29) is 6.04 Å². The summed E-state index contributed by atoms with van der Waals surface area (Å²) in [6, 6.07) is 3.96. The molecule has 0 bridgehead atoms. The zero-order valence-electron chi connectivity index (χ0n) is 10.9. The van der Waals surface area contributed by atoms with E-state index in [1.807, 2.05) is 12.1 Å². The van der Waals surface area contributed by atoms with Crippen LogP contribution in [0.1, 0.15) is 13.8 Å². The SMILES string of the molecule is CCN(c1ccc(N)c(OC)n1)C(C)COC. The third-order valence-electron chi connectivity index (χ3n) is 2.64. The van der Waals surface area contributed by atoms with Gasteiger partial charge in [-0.1, -0.05) is 0 Å². The molecule has 0 saturated heterocycles. The molecule has 1 heterocycles. The van der Waals surface area contributed by atoms with Crippen LogP contribution in [0, 0.1) is 0 Å². The predicted molar refractivity (Wildman–Crippen MR) is 69.6 cm³/mol. The summed E-state index contributed by atoms with van der Waals surface area (Å²) in [6.07, 6.45) is 0. The molecule has 1 aromatic rings. The minimum atomic E-state index is 0.255. The van der Waals surface area contributed by atoms with Gasteiger partial charge in [0.05, 0.1) is 25.4 Å². The summed E-state index contributed by atoms with van der Waals surface area (Å²) in [4.78, 5) is 6.53. The first-order valence-corrected chi connectivity index (χ1v) is 5.70. The zero-order chi connectivity index (χ0) is 12.8. The summed E-state index contributed by atoms with van der Waals surface area (Å²) in [5.74, 6) is 1.31. The van der Waals surface area contributed by atoms with E-state index in [0.29, 0.717) is 18.2 Å². The lowest BCUT2D eigenvalue weighted by Gasteiger charge is -2.28. The molecule has 17 heavy (non-hydrogen) atoms. The van der Waals surface area contributed by atoms with E-state index in [9.17, 15) is 0 Å². The molecular weight excluding hydrogens is 218 g/mol. The van der Waals surface area contributed by atoms with Crippen LogP contribution in [0.4, 0.5) is 11.5 Å². The molecule has 0 saturated carbocycles. The van der Waals surface area contributed by atoms with Crippen LogP contribution in [0.15, 0.2) is 12.1 Å². The van der Waals surface area contributed by atoms with E-state index >= 15 is 0 Å². The van der Waals surface area contributed by atoms with Crippen LogP contribution < -0.4 is 15.4 Å². The molecular formula is C12H21N3O2. The number of aromatic nitrogens is 1. The van der Waals surface area contributed by atoms with Gasteiger partial charge in [-0.25, -0.2) is 0 Å². The topological polar surface area (TPSA) is 60.6 Å². The Labute approximate surface area is 103 Å². The van der Waals surface area contributed by atoms with Crippen molar-refractivity contribution in [1.29, 1.82) is 0 Å². The number of pyridine rings is 1. The number of nitrogens with zero attached hydrogens (tertiary/aromatic N) is 2. The molecule has 5 heteroatoms. The number of likely N-dealkylation sites (N-methyl/N-ethyl adjacent to an activating group) is 1. The molecule has 5 nitrogen and oxygen atoms in total. The Morgan fingerprint density at radius 1 is 1.41 bits per heavy atom. The van der Waals surface area contributed by atoms with Crippen molar-refractivity contribution in [1.82, 2.24) is 4.98 Å². The summed E-state index contributed by atoms with van der Waals surface area (Å²) in [5, 5.41) is 0. The van der Waals surface area contributed by atoms with Crippen LogP contribution in [0.3, 0.4) is 0 Å². The molecule has 1 unspecified atom stereocenters. The number of nitrogen functional groups attached to an aromatic ring is 1. The van der Waals surface area contributed by atoms with Crippen LogP contribution in [0.2, 0.25) is 0 Å². The van der Waals surface area contributed by atoms with Crippen LogP contribution in [0.25, 0.3) is 0 Å². The smallest absolute Gasteiger partial charge is 0.238 e. The Bertz CT molecular complexity index is 358. The number of rotatable bonds is 6. The molecule has 0 aliphatic rings. The third kappa shape index (κ3) is 3.23. The minimum Gasteiger partial charge on any atom is -0.479 e. The van der Waals surface area contributed by atoms with E-state index in [1.165, 1.54) is 0 Å². The van der Waals surface area contributed by atoms with Gasteiger partial charge in [-0.2, -0.15) is 4.98 Å². The lowest BCUT2D eigenvalue weighted by molar-refractivity contribution is 0.181. The zero-order valence-corrected chi connectivity index (χ0v) is 10.9. The molecule has 1 atom stereocenters. The number of anilines is 2. The standard InChI is InChI=1S/C12H21N3O2/c1-5-15(9(2)8-16-3)11-7-6-10(13)12(14-11)17-4/h6-7,9H,5,8,13H2,1-4H3. The maximum atomic E-state index is 5.75. The van der Waals surface area contributed by atoms with E-state index in [4.69, 9.17) is 15.2 Å².